The number of nitrogens with two attached hydrogens (primary N) is 1. The Balaban J connectivity index is 1.87. The molecule has 3 N–H and O–H groups in total. The molecule has 9 nitrogen and oxygen atoms in total. The SMILES string of the molecule is Nc1nc(-c2ccco2)cc(-n2nnc3cc(C(=O)O)ccc32)n1. The molecule has 0 fully saturated rings. The number of carboxylic acids is 1. The van der Waals surface area contributed by atoms with Crippen LogP contribution in [0.1, 0.15) is 10.4 Å². The number of nitrogens with zero attached hydrogens (tertiary/aromatic N) is 5. The first-order valence-corrected chi connectivity index (χ1v) is 6.89. The highest BCUT2D eigenvalue weighted by Crippen LogP contribution is 2.22. The summed E-state index contributed by atoms with van der Waals surface area (Å²) in [7, 11) is 0. The number of aromatic nitrogens is 5. The van der Waals surface area contributed by atoms with E-state index in [1.807, 2.05) is 0 Å². The fraction of sp³-hybridized carbons (Fsp3) is 0. The lowest BCUT2D eigenvalue weighted by molar-refractivity contribution is 0.0697. The molecule has 3 aromatic heterocycles. The van der Waals surface area contributed by atoms with Gasteiger partial charge in [-0.2, -0.15) is 9.67 Å². The number of carbonyl (C=O) groups is 1. The average Bonchev–Trinajstić information content (AvgIpc) is 3.23. The van der Waals surface area contributed by atoms with Crippen LogP contribution < -0.4 is 5.73 Å². The second-order valence-electron chi connectivity index (χ2n) is 4.96. The summed E-state index contributed by atoms with van der Waals surface area (Å²) in [6.45, 7) is 0. The monoisotopic (exact) mass is 322 g/mol. The predicted molar refractivity (Wildman–Crippen MR) is 83.5 cm³/mol. The first-order chi connectivity index (χ1) is 11.6. The average molecular weight is 322 g/mol. The van der Waals surface area contributed by atoms with Gasteiger partial charge in [0.15, 0.2) is 11.6 Å². The molecule has 0 bridgehead atoms. The van der Waals surface area contributed by atoms with E-state index in [1.54, 1.807) is 24.3 Å². The van der Waals surface area contributed by atoms with Gasteiger partial charge < -0.3 is 15.3 Å². The molecule has 0 spiro atoms. The summed E-state index contributed by atoms with van der Waals surface area (Å²) < 4.78 is 6.78. The van der Waals surface area contributed by atoms with Gasteiger partial charge in [-0.3, -0.25) is 0 Å². The summed E-state index contributed by atoms with van der Waals surface area (Å²) in [5, 5.41) is 17.1. The van der Waals surface area contributed by atoms with E-state index in [-0.39, 0.29) is 11.5 Å². The van der Waals surface area contributed by atoms with E-state index < -0.39 is 5.97 Å². The minimum absolute atomic E-state index is 0.0599. The highest BCUT2D eigenvalue weighted by molar-refractivity contribution is 5.92. The normalized spacial score (nSPS) is 11.0. The number of furan rings is 1. The third-order valence-corrected chi connectivity index (χ3v) is 3.41. The molecule has 0 unspecified atom stereocenters. The Kier molecular flexibility index (Phi) is 2.98. The second-order valence-corrected chi connectivity index (χ2v) is 4.96. The van der Waals surface area contributed by atoms with Crippen LogP contribution in [0.4, 0.5) is 5.95 Å². The molecule has 0 aliphatic rings. The standard InChI is InChI=1S/C15H10N6O3/c16-15-17-10(12-2-1-5-24-12)7-13(18-15)21-11-4-3-8(14(22)23)6-9(11)19-20-21/h1-7H,(H,22,23)(H2,16,17,18). The Bertz CT molecular complexity index is 1050. The molecule has 0 aliphatic heterocycles. The van der Waals surface area contributed by atoms with Gasteiger partial charge in [-0.1, -0.05) is 5.21 Å². The summed E-state index contributed by atoms with van der Waals surface area (Å²) in [5.74, 6) is -0.0232. The van der Waals surface area contributed by atoms with Crippen LogP contribution >= 0.6 is 0 Å². The molecule has 0 saturated carbocycles. The largest absolute Gasteiger partial charge is 0.478 e. The lowest BCUT2D eigenvalue weighted by Gasteiger charge is -2.05. The van der Waals surface area contributed by atoms with Gasteiger partial charge in [0.25, 0.3) is 0 Å². The quantitative estimate of drug-likeness (QED) is 0.582. The van der Waals surface area contributed by atoms with Crippen LogP contribution in [0.3, 0.4) is 0 Å². The molecular weight excluding hydrogens is 312 g/mol. The van der Waals surface area contributed by atoms with Crippen LogP contribution in [-0.2, 0) is 0 Å². The Morgan fingerprint density at radius 1 is 1.21 bits per heavy atom. The lowest BCUT2D eigenvalue weighted by atomic mass is 10.2. The van der Waals surface area contributed by atoms with Crippen molar-refractivity contribution in [2.45, 2.75) is 0 Å². The third-order valence-electron chi connectivity index (χ3n) is 3.41. The fourth-order valence-corrected chi connectivity index (χ4v) is 2.34. The minimum atomic E-state index is -1.03. The van der Waals surface area contributed by atoms with Crippen LogP contribution in [0.5, 0.6) is 0 Å². The highest BCUT2D eigenvalue weighted by Gasteiger charge is 2.14. The van der Waals surface area contributed by atoms with Crippen LogP contribution in [0.25, 0.3) is 28.3 Å². The first-order valence-electron chi connectivity index (χ1n) is 6.89. The summed E-state index contributed by atoms with van der Waals surface area (Å²) >= 11 is 0. The number of hydrogen-bond acceptors (Lipinski definition) is 7. The third kappa shape index (κ3) is 2.24. The van der Waals surface area contributed by atoms with Crippen molar-refractivity contribution in [1.82, 2.24) is 25.0 Å². The first kappa shape index (κ1) is 13.9. The fourth-order valence-electron chi connectivity index (χ4n) is 2.34. The Labute approximate surface area is 134 Å². The molecule has 0 radical (unpaired) electrons. The molecule has 0 atom stereocenters. The van der Waals surface area contributed by atoms with E-state index in [2.05, 4.69) is 20.3 Å². The molecule has 4 aromatic rings. The van der Waals surface area contributed by atoms with E-state index in [1.165, 1.54) is 23.1 Å². The molecule has 1 aromatic carbocycles. The number of rotatable bonds is 3. The van der Waals surface area contributed by atoms with E-state index >= 15 is 0 Å². The van der Waals surface area contributed by atoms with Gasteiger partial charge in [-0.05, 0) is 30.3 Å². The molecule has 4 rings (SSSR count). The lowest BCUT2D eigenvalue weighted by Crippen LogP contribution is -2.05. The highest BCUT2D eigenvalue weighted by atomic mass is 16.4. The van der Waals surface area contributed by atoms with Crippen molar-refractivity contribution < 1.29 is 14.3 Å². The van der Waals surface area contributed by atoms with E-state index in [9.17, 15) is 4.79 Å². The van der Waals surface area contributed by atoms with Gasteiger partial charge in [0.05, 0.1) is 17.3 Å². The maximum absolute atomic E-state index is 11.0. The maximum atomic E-state index is 11.0. The molecule has 0 amide bonds. The molecule has 3 heterocycles. The van der Waals surface area contributed by atoms with Crippen molar-refractivity contribution in [3.63, 3.8) is 0 Å². The van der Waals surface area contributed by atoms with Gasteiger partial charge in [0.2, 0.25) is 5.95 Å². The number of nitrogen functional groups attached to an aromatic ring is 1. The zero-order valence-corrected chi connectivity index (χ0v) is 12.1. The molecule has 9 heteroatoms. The summed E-state index contributed by atoms with van der Waals surface area (Å²) in [4.78, 5) is 19.3. The van der Waals surface area contributed by atoms with Crippen molar-refractivity contribution in [2.75, 3.05) is 5.73 Å². The number of anilines is 1. The van der Waals surface area contributed by atoms with Crippen molar-refractivity contribution in [2.24, 2.45) is 0 Å². The van der Waals surface area contributed by atoms with Crippen molar-refractivity contribution >= 4 is 23.0 Å². The maximum Gasteiger partial charge on any atom is 0.335 e. The van der Waals surface area contributed by atoms with Crippen molar-refractivity contribution in [3.8, 4) is 17.3 Å². The van der Waals surface area contributed by atoms with Gasteiger partial charge in [-0.25, -0.2) is 9.78 Å². The number of carboxylic acid groups (broad SMARTS) is 1. The number of hydrogen-bond donors (Lipinski definition) is 2. The van der Waals surface area contributed by atoms with Crippen LogP contribution in [0, 0.1) is 0 Å². The predicted octanol–water partition coefficient (Wildman–Crippen LogP) is 1.75. The van der Waals surface area contributed by atoms with Crippen LogP contribution in [0.2, 0.25) is 0 Å². The Morgan fingerprint density at radius 3 is 2.83 bits per heavy atom. The molecule has 118 valence electrons. The summed E-state index contributed by atoms with van der Waals surface area (Å²) in [6, 6.07) is 9.69. The van der Waals surface area contributed by atoms with E-state index in [0.717, 1.165) is 0 Å². The van der Waals surface area contributed by atoms with Crippen molar-refractivity contribution in [1.29, 1.82) is 0 Å². The van der Waals surface area contributed by atoms with E-state index in [0.29, 0.717) is 28.3 Å². The van der Waals surface area contributed by atoms with Gasteiger partial charge >= 0.3 is 5.97 Å². The topological polar surface area (TPSA) is 133 Å². The minimum Gasteiger partial charge on any atom is -0.478 e. The number of benzene rings is 1. The Morgan fingerprint density at radius 2 is 2.08 bits per heavy atom. The smallest absolute Gasteiger partial charge is 0.335 e. The van der Waals surface area contributed by atoms with Gasteiger partial charge in [-0.15, -0.1) is 5.10 Å². The summed E-state index contributed by atoms with van der Waals surface area (Å²) in [6.07, 6.45) is 1.53. The number of aromatic carboxylic acids is 1. The molecular formula is C15H10N6O3. The zero-order chi connectivity index (χ0) is 16.7. The number of fused-ring (bicyclic) bond motifs is 1. The van der Waals surface area contributed by atoms with Crippen LogP contribution in [0.15, 0.2) is 47.1 Å². The second kappa shape index (κ2) is 5.16. The Hall–Kier alpha value is -3.75. The van der Waals surface area contributed by atoms with E-state index in [4.69, 9.17) is 15.3 Å². The van der Waals surface area contributed by atoms with Gasteiger partial charge in [0.1, 0.15) is 11.2 Å². The summed E-state index contributed by atoms with van der Waals surface area (Å²) in [5.41, 5.74) is 7.45. The molecule has 0 aliphatic carbocycles. The molecule has 24 heavy (non-hydrogen) atoms. The molecule has 0 saturated heterocycles. The van der Waals surface area contributed by atoms with Crippen molar-refractivity contribution in [3.05, 3.63) is 48.2 Å². The zero-order valence-electron chi connectivity index (χ0n) is 12.1. The van der Waals surface area contributed by atoms with Crippen LogP contribution in [-0.4, -0.2) is 36.0 Å². The van der Waals surface area contributed by atoms with Gasteiger partial charge in [0, 0.05) is 6.07 Å².